The molecule has 1 saturated heterocycles. The number of nitrogens with one attached hydrogen (secondary N) is 1. The number of ether oxygens (including phenoxy) is 2. The number of halogens is 2. The second-order valence-electron chi connectivity index (χ2n) is 6.67. The van der Waals surface area contributed by atoms with Gasteiger partial charge in [0.25, 0.3) is 0 Å². The normalized spacial score (nSPS) is 19.0. The maximum atomic E-state index is 5.54. The van der Waals surface area contributed by atoms with Crippen LogP contribution >= 0.6 is 24.8 Å². The fraction of sp³-hybridized carbons (Fsp3) is 0.625. The van der Waals surface area contributed by atoms with E-state index in [1.807, 2.05) is 6.07 Å². The lowest BCUT2D eigenvalue weighted by atomic mass is 9.81. The van der Waals surface area contributed by atoms with Gasteiger partial charge in [0.05, 0.1) is 0 Å². The second-order valence-corrected chi connectivity index (χ2v) is 6.67. The SMILES string of the molecule is CC(C)(C)[C@H](c1ccc2c(c1)OCO2)N1CCNCC1.Cl.Cl. The molecule has 4 nitrogen and oxygen atoms in total. The minimum Gasteiger partial charge on any atom is -0.454 e. The highest BCUT2D eigenvalue weighted by Crippen LogP contribution is 2.42. The number of rotatable bonds is 2. The first-order valence-corrected chi connectivity index (χ1v) is 7.40. The van der Waals surface area contributed by atoms with Gasteiger partial charge in [-0.15, -0.1) is 24.8 Å². The lowest BCUT2D eigenvalue weighted by molar-refractivity contribution is 0.0861. The minimum atomic E-state index is 0. The van der Waals surface area contributed by atoms with Gasteiger partial charge >= 0.3 is 0 Å². The van der Waals surface area contributed by atoms with Crippen LogP contribution in [-0.2, 0) is 0 Å². The van der Waals surface area contributed by atoms with Gasteiger partial charge in [0.15, 0.2) is 11.5 Å². The smallest absolute Gasteiger partial charge is 0.231 e. The number of piperazine rings is 1. The molecule has 0 amide bonds. The van der Waals surface area contributed by atoms with Crippen molar-refractivity contribution in [3.05, 3.63) is 23.8 Å². The topological polar surface area (TPSA) is 33.7 Å². The van der Waals surface area contributed by atoms with Crippen molar-refractivity contribution in [3.63, 3.8) is 0 Å². The molecule has 0 bridgehead atoms. The fourth-order valence-corrected chi connectivity index (χ4v) is 3.28. The van der Waals surface area contributed by atoms with E-state index >= 15 is 0 Å². The molecule has 0 aromatic heterocycles. The van der Waals surface area contributed by atoms with Crippen molar-refractivity contribution in [3.8, 4) is 11.5 Å². The molecule has 0 unspecified atom stereocenters. The van der Waals surface area contributed by atoms with E-state index in [1.54, 1.807) is 0 Å². The second kappa shape index (κ2) is 7.73. The van der Waals surface area contributed by atoms with Crippen molar-refractivity contribution < 1.29 is 9.47 Å². The summed E-state index contributed by atoms with van der Waals surface area (Å²) in [5.74, 6) is 1.74. The van der Waals surface area contributed by atoms with Crippen LogP contribution < -0.4 is 14.8 Å². The molecule has 0 aliphatic carbocycles. The average molecular weight is 349 g/mol. The summed E-state index contributed by atoms with van der Waals surface area (Å²) in [5, 5.41) is 3.43. The molecule has 0 radical (unpaired) electrons. The van der Waals surface area contributed by atoms with Crippen molar-refractivity contribution in [1.82, 2.24) is 10.2 Å². The van der Waals surface area contributed by atoms with E-state index < -0.39 is 0 Å². The Bertz CT molecular complexity index is 486. The van der Waals surface area contributed by atoms with Crippen LogP contribution in [0.25, 0.3) is 0 Å². The maximum absolute atomic E-state index is 5.54. The quantitative estimate of drug-likeness (QED) is 0.889. The van der Waals surface area contributed by atoms with Crippen LogP contribution in [0.2, 0.25) is 0 Å². The van der Waals surface area contributed by atoms with Crippen molar-refractivity contribution in [2.24, 2.45) is 5.41 Å². The van der Waals surface area contributed by atoms with Gasteiger partial charge in [-0.05, 0) is 23.1 Å². The molecule has 126 valence electrons. The molecule has 6 heteroatoms. The van der Waals surface area contributed by atoms with E-state index in [9.17, 15) is 0 Å². The van der Waals surface area contributed by atoms with Crippen LogP contribution in [0.1, 0.15) is 32.4 Å². The van der Waals surface area contributed by atoms with E-state index in [-0.39, 0.29) is 30.2 Å². The molecular formula is C16H26Cl2N2O2. The molecule has 2 aliphatic rings. The largest absolute Gasteiger partial charge is 0.454 e. The van der Waals surface area contributed by atoms with Crippen molar-refractivity contribution >= 4 is 24.8 Å². The van der Waals surface area contributed by atoms with Gasteiger partial charge in [-0.2, -0.15) is 0 Å². The van der Waals surface area contributed by atoms with Gasteiger partial charge in [0.2, 0.25) is 6.79 Å². The molecule has 2 heterocycles. The maximum Gasteiger partial charge on any atom is 0.231 e. The van der Waals surface area contributed by atoms with Gasteiger partial charge < -0.3 is 14.8 Å². The van der Waals surface area contributed by atoms with E-state index in [2.05, 4.69) is 43.1 Å². The van der Waals surface area contributed by atoms with E-state index in [0.717, 1.165) is 37.7 Å². The first-order valence-electron chi connectivity index (χ1n) is 7.40. The number of benzene rings is 1. The molecular weight excluding hydrogens is 323 g/mol. The van der Waals surface area contributed by atoms with Crippen LogP contribution in [0.4, 0.5) is 0 Å². The Morgan fingerprint density at radius 3 is 2.32 bits per heavy atom. The van der Waals surface area contributed by atoms with E-state index in [4.69, 9.17) is 9.47 Å². The Balaban J connectivity index is 0.00000121. The lowest BCUT2D eigenvalue weighted by Crippen LogP contribution is -2.48. The van der Waals surface area contributed by atoms with Gasteiger partial charge in [-0.25, -0.2) is 0 Å². The Kier molecular flexibility index (Phi) is 6.81. The average Bonchev–Trinajstić information content (AvgIpc) is 2.86. The first-order chi connectivity index (χ1) is 9.55. The summed E-state index contributed by atoms with van der Waals surface area (Å²) in [5.41, 5.74) is 1.51. The summed E-state index contributed by atoms with van der Waals surface area (Å²) in [6.45, 7) is 11.6. The summed E-state index contributed by atoms with van der Waals surface area (Å²) in [6.07, 6.45) is 0. The number of hydrogen-bond donors (Lipinski definition) is 1. The van der Waals surface area contributed by atoms with Gasteiger partial charge in [-0.3, -0.25) is 4.90 Å². The summed E-state index contributed by atoms with van der Waals surface area (Å²) in [4.78, 5) is 2.58. The summed E-state index contributed by atoms with van der Waals surface area (Å²) >= 11 is 0. The highest BCUT2D eigenvalue weighted by Gasteiger charge is 2.33. The molecule has 1 atom stereocenters. The zero-order valence-electron chi connectivity index (χ0n) is 13.4. The molecule has 0 saturated carbocycles. The van der Waals surface area contributed by atoms with Crippen LogP contribution in [0, 0.1) is 5.41 Å². The lowest BCUT2D eigenvalue weighted by Gasteiger charge is -2.42. The van der Waals surface area contributed by atoms with Gasteiger partial charge in [0.1, 0.15) is 0 Å². The monoisotopic (exact) mass is 348 g/mol. The van der Waals surface area contributed by atoms with Crippen molar-refractivity contribution in [2.75, 3.05) is 33.0 Å². The van der Waals surface area contributed by atoms with Crippen molar-refractivity contribution in [1.29, 1.82) is 0 Å². The molecule has 0 spiro atoms. The van der Waals surface area contributed by atoms with E-state index in [1.165, 1.54) is 5.56 Å². The molecule has 1 N–H and O–H groups in total. The zero-order chi connectivity index (χ0) is 14.2. The summed E-state index contributed by atoms with van der Waals surface area (Å²) in [7, 11) is 0. The predicted octanol–water partition coefficient (Wildman–Crippen LogP) is 3.25. The molecule has 22 heavy (non-hydrogen) atoms. The Morgan fingerprint density at radius 1 is 1.05 bits per heavy atom. The fourth-order valence-electron chi connectivity index (χ4n) is 3.28. The van der Waals surface area contributed by atoms with Crippen LogP contribution in [0.15, 0.2) is 18.2 Å². The third-order valence-corrected chi connectivity index (χ3v) is 4.05. The molecule has 3 rings (SSSR count). The van der Waals surface area contributed by atoms with Crippen LogP contribution in [-0.4, -0.2) is 37.9 Å². The Labute approximate surface area is 145 Å². The first kappa shape index (κ1) is 19.4. The molecule has 1 aromatic carbocycles. The number of fused-ring (bicyclic) bond motifs is 1. The summed E-state index contributed by atoms with van der Waals surface area (Å²) in [6, 6.07) is 6.78. The van der Waals surface area contributed by atoms with E-state index in [0.29, 0.717) is 12.8 Å². The molecule has 2 aliphatic heterocycles. The zero-order valence-corrected chi connectivity index (χ0v) is 15.1. The minimum absolute atomic E-state index is 0. The van der Waals surface area contributed by atoms with Crippen LogP contribution in [0.3, 0.4) is 0 Å². The van der Waals surface area contributed by atoms with Crippen molar-refractivity contribution in [2.45, 2.75) is 26.8 Å². The van der Waals surface area contributed by atoms with Gasteiger partial charge in [-0.1, -0.05) is 26.8 Å². The number of hydrogen-bond acceptors (Lipinski definition) is 4. The highest BCUT2D eigenvalue weighted by atomic mass is 35.5. The third-order valence-electron chi connectivity index (χ3n) is 4.05. The number of nitrogens with zero attached hydrogens (tertiary/aromatic N) is 1. The summed E-state index contributed by atoms with van der Waals surface area (Å²) < 4.78 is 11.0. The van der Waals surface area contributed by atoms with Gasteiger partial charge in [0, 0.05) is 32.2 Å². The Hall–Kier alpha value is -0.680. The molecule has 1 fully saturated rings. The highest BCUT2D eigenvalue weighted by molar-refractivity contribution is 5.85. The Morgan fingerprint density at radius 2 is 1.68 bits per heavy atom. The standard InChI is InChI=1S/C16H24N2O2.2ClH/c1-16(2,3)15(18-8-6-17-7-9-18)12-4-5-13-14(10-12)20-11-19-13;;/h4-5,10,15,17H,6-9,11H2,1-3H3;2*1H/t15-;;/m0../s1. The molecule has 1 aromatic rings. The third kappa shape index (κ3) is 3.99. The van der Waals surface area contributed by atoms with Crippen LogP contribution in [0.5, 0.6) is 11.5 Å². The predicted molar refractivity (Wildman–Crippen MR) is 93.7 cm³/mol.